The predicted octanol–water partition coefficient (Wildman–Crippen LogP) is 1.69. The van der Waals surface area contributed by atoms with Crippen molar-refractivity contribution in [2.75, 3.05) is 13.2 Å². The average molecular weight is 414 g/mol. The van der Waals surface area contributed by atoms with Gasteiger partial charge in [0.15, 0.2) is 6.61 Å². The summed E-state index contributed by atoms with van der Waals surface area (Å²) in [6.45, 7) is 3.46. The van der Waals surface area contributed by atoms with Crippen LogP contribution in [0.25, 0.3) is 0 Å². The van der Waals surface area contributed by atoms with Crippen molar-refractivity contribution in [3.63, 3.8) is 0 Å². The van der Waals surface area contributed by atoms with E-state index in [0.29, 0.717) is 5.56 Å². The summed E-state index contributed by atoms with van der Waals surface area (Å²) in [7, 11) is -3.65. The zero-order valence-electron chi connectivity index (χ0n) is 16.2. The first-order valence-electron chi connectivity index (χ1n) is 8.76. The second kappa shape index (κ2) is 9.87. The second-order valence-corrected chi connectivity index (χ2v) is 8.09. The Hall–Kier alpha value is -3.15. The molecule has 2 N–H and O–H groups in total. The van der Waals surface area contributed by atoms with Crippen molar-refractivity contribution in [3.8, 4) is 12.3 Å². The number of sulfonamides is 1. The van der Waals surface area contributed by atoms with Gasteiger partial charge in [0.25, 0.3) is 5.91 Å². The predicted molar refractivity (Wildman–Crippen MR) is 109 cm³/mol. The molecule has 0 bridgehead atoms. The molecule has 0 radical (unpaired) electrons. The van der Waals surface area contributed by atoms with Crippen LogP contribution in [0.5, 0.6) is 0 Å². The number of amides is 1. The molecule has 0 aliphatic rings. The molecule has 0 aliphatic carbocycles. The Labute approximate surface area is 170 Å². The van der Waals surface area contributed by atoms with Crippen LogP contribution in [0.4, 0.5) is 0 Å². The van der Waals surface area contributed by atoms with Crippen molar-refractivity contribution in [1.29, 1.82) is 0 Å². The molecule has 0 aromatic heterocycles. The minimum absolute atomic E-state index is 0.0587. The van der Waals surface area contributed by atoms with Crippen LogP contribution in [0.1, 0.15) is 27.0 Å². The molecule has 1 amide bonds. The number of esters is 1. The van der Waals surface area contributed by atoms with E-state index in [1.54, 1.807) is 30.3 Å². The van der Waals surface area contributed by atoms with E-state index in [9.17, 15) is 18.0 Å². The third kappa shape index (κ3) is 6.45. The molecule has 2 aromatic rings. The Morgan fingerprint density at radius 1 is 1.07 bits per heavy atom. The van der Waals surface area contributed by atoms with Crippen LogP contribution >= 0.6 is 0 Å². The number of ether oxygens (including phenoxy) is 1. The maximum atomic E-state index is 12.4. The lowest BCUT2D eigenvalue weighted by molar-refractivity contribution is -0.123. The zero-order valence-corrected chi connectivity index (χ0v) is 17.0. The lowest BCUT2D eigenvalue weighted by atomic mass is 10.1. The SMILES string of the molecule is C#CCNC(=O)COC(=O)c1ccc(CNS(=O)(=O)c2ccc(C)c(C)c2)cc1. The lowest BCUT2D eigenvalue weighted by Crippen LogP contribution is -2.29. The normalized spacial score (nSPS) is 10.8. The molecular formula is C21H22N2O5S. The summed E-state index contributed by atoms with van der Waals surface area (Å²) < 4.78 is 32.3. The Kier molecular flexibility index (Phi) is 7.53. The minimum atomic E-state index is -3.65. The van der Waals surface area contributed by atoms with E-state index in [-0.39, 0.29) is 23.5 Å². The van der Waals surface area contributed by atoms with Crippen molar-refractivity contribution in [2.45, 2.75) is 25.3 Å². The molecule has 0 fully saturated rings. The van der Waals surface area contributed by atoms with Gasteiger partial charge >= 0.3 is 5.97 Å². The van der Waals surface area contributed by atoms with Gasteiger partial charge in [0.2, 0.25) is 10.0 Å². The molecule has 8 heteroatoms. The first kappa shape index (κ1) is 22.1. The van der Waals surface area contributed by atoms with Crippen LogP contribution in [0.15, 0.2) is 47.4 Å². The van der Waals surface area contributed by atoms with Crippen LogP contribution in [-0.4, -0.2) is 33.4 Å². The summed E-state index contributed by atoms with van der Waals surface area (Å²) in [5.74, 6) is 1.09. The second-order valence-electron chi connectivity index (χ2n) is 6.32. The number of hydrogen-bond acceptors (Lipinski definition) is 5. The third-order valence-corrected chi connectivity index (χ3v) is 5.57. The smallest absolute Gasteiger partial charge is 0.338 e. The standard InChI is InChI=1S/C21H22N2O5S/c1-4-11-22-20(24)14-28-21(25)18-8-6-17(7-9-18)13-23-29(26,27)19-10-5-15(2)16(3)12-19/h1,5-10,12,23H,11,13-14H2,2-3H3,(H,22,24). The van der Waals surface area contributed by atoms with Gasteiger partial charge in [0.05, 0.1) is 17.0 Å². The highest BCUT2D eigenvalue weighted by atomic mass is 32.2. The maximum absolute atomic E-state index is 12.4. The van der Waals surface area contributed by atoms with Gasteiger partial charge in [-0.15, -0.1) is 6.42 Å². The highest BCUT2D eigenvalue weighted by Crippen LogP contribution is 2.15. The van der Waals surface area contributed by atoms with E-state index in [0.717, 1.165) is 11.1 Å². The number of terminal acetylenes is 1. The van der Waals surface area contributed by atoms with Crippen LogP contribution in [0, 0.1) is 26.2 Å². The molecule has 152 valence electrons. The summed E-state index contributed by atoms with van der Waals surface area (Å²) in [5, 5.41) is 2.38. The van der Waals surface area contributed by atoms with Crippen molar-refractivity contribution >= 4 is 21.9 Å². The molecule has 0 unspecified atom stereocenters. The van der Waals surface area contributed by atoms with Gasteiger partial charge in [0.1, 0.15) is 0 Å². The molecule has 0 heterocycles. The van der Waals surface area contributed by atoms with Crippen molar-refractivity contribution in [2.24, 2.45) is 0 Å². The van der Waals surface area contributed by atoms with Gasteiger partial charge < -0.3 is 10.1 Å². The molecular weight excluding hydrogens is 392 g/mol. The first-order chi connectivity index (χ1) is 13.7. The highest BCUT2D eigenvalue weighted by molar-refractivity contribution is 7.89. The van der Waals surface area contributed by atoms with E-state index < -0.39 is 28.5 Å². The summed E-state index contributed by atoms with van der Waals surface area (Å²) >= 11 is 0. The maximum Gasteiger partial charge on any atom is 0.338 e. The van der Waals surface area contributed by atoms with Crippen molar-refractivity contribution in [1.82, 2.24) is 10.0 Å². The number of rotatable bonds is 8. The van der Waals surface area contributed by atoms with Gasteiger partial charge in [0, 0.05) is 6.54 Å². The fourth-order valence-electron chi connectivity index (χ4n) is 2.32. The largest absolute Gasteiger partial charge is 0.452 e. The molecule has 2 aromatic carbocycles. The molecule has 0 atom stereocenters. The van der Waals surface area contributed by atoms with E-state index in [4.69, 9.17) is 11.2 Å². The number of carbonyl (C=O) groups excluding carboxylic acids is 2. The molecule has 0 aliphatic heterocycles. The summed E-state index contributed by atoms with van der Waals surface area (Å²) in [6.07, 6.45) is 5.02. The summed E-state index contributed by atoms with van der Waals surface area (Å²) in [6, 6.07) is 11.2. The fourth-order valence-corrected chi connectivity index (χ4v) is 3.42. The Morgan fingerprint density at radius 2 is 1.76 bits per heavy atom. The van der Waals surface area contributed by atoms with Crippen LogP contribution in [0.2, 0.25) is 0 Å². The molecule has 7 nitrogen and oxygen atoms in total. The first-order valence-corrected chi connectivity index (χ1v) is 10.2. The van der Waals surface area contributed by atoms with E-state index in [1.807, 2.05) is 13.8 Å². The van der Waals surface area contributed by atoms with E-state index in [1.165, 1.54) is 12.1 Å². The van der Waals surface area contributed by atoms with E-state index in [2.05, 4.69) is 16.0 Å². The molecule has 0 saturated carbocycles. The van der Waals surface area contributed by atoms with Crippen molar-refractivity contribution in [3.05, 3.63) is 64.7 Å². The zero-order chi connectivity index (χ0) is 21.4. The highest BCUT2D eigenvalue weighted by Gasteiger charge is 2.15. The van der Waals surface area contributed by atoms with Gasteiger partial charge in [-0.2, -0.15) is 0 Å². The molecule has 29 heavy (non-hydrogen) atoms. The van der Waals surface area contributed by atoms with Gasteiger partial charge in [-0.3, -0.25) is 4.79 Å². The molecule has 2 rings (SSSR count). The Balaban J connectivity index is 1.93. The van der Waals surface area contributed by atoms with Crippen LogP contribution < -0.4 is 10.0 Å². The topological polar surface area (TPSA) is 102 Å². The lowest BCUT2D eigenvalue weighted by Gasteiger charge is -2.09. The van der Waals surface area contributed by atoms with Crippen molar-refractivity contribution < 1.29 is 22.7 Å². The Bertz CT molecular complexity index is 1040. The summed E-state index contributed by atoms with van der Waals surface area (Å²) in [5.41, 5.74) is 2.82. The van der Waals surface area contributed by atoms with Crippen LogP contribution in [0.3, 0.4) is 0 Å². The number of aryl methyl sites for hydroxylation is 2. The monoisotopic (exact) mass is 414 g/mol. The van der Waals surface area contributed by atoms with Gasteiger partial charge in [-0.1, -0.05) is 24.1 Å². The van der Waals surface area contributed by atoms with Gasteiger partial charge in [-0.25, -0.2) is 17.9 Å². The Morgan fingerprint density at radius 3 is 2.38 bits per heavy atom. The fraction of sp³-hybridized carbons (Fsp3) is 0.238. The number of carbonyl (C=O) groups is 2. The number of nitrogens with one attached hydrogen (secondary N) is 2. The van der Waals surface area contributed by atoms with E-state index >= 15 is 0 Å². The third-order valence-electron chi connectivity index (χ3n) is 4.17. The number of benzene rings is 2. The minimum Gasteiger partial charge on any atom is -0.452 e. The summed E-state index contributed by atoms with van der Waals surface area (Å²) in [4.78, 5) is 23.5. The average Bonchev–Trinajstić information content (AvgIpc) is 2.71. The number of hydrogen-bond donors (Lipinski definition) is 2. The molecule has 0 spiro atoms. The van der Waals surface area contributed by atoms with Gasteiger partial charge in [-0.05, 0) is 54.8 Å². The molecule has 0 saturated heterocycles. The van der Waals surface area contributed by atoms with Crippen LogP contribution in [-0.2, 0) is 26.1 Å². The quantitative estimate of drug-likeness (QED) is 0.506.